The van der Waals surface area contributed by atoms with Crippen molar-refractivity contribution in [1.29, 1.82) is 0 Å². The second-order valence-electron chi connectivity index (χ2n) is 9.00. The van der Waals surface area contributed by atoms with Crippen LogP contribution in [0.5, 0.6) is 5.75 Å². The molecule has 1 amide bonds. The van der Waals surface area contributed by atoms with Crippen LogP contribution in [0.4, 0.5) is 5.69 Å². The maximum absolute atomic E-state index is 13.8. The fourth-order valence-corrected chi connectivity index (χ4v) is 4.75. The molecular weight excluding hydrogens is 478 g/mol. The van der Waals surface area contributed by atoms with Crippen LogP contribution in [0.3, 0.4) is 0 Å². The molecule has 1 aromatic heterocycles. The molecule has 0 radical (unpaired) electrons. The van der Waals surface area contributed by atoms with E-state index in [9.17, 15) is 14.7 Å². The zero-order valence-corrected chi connectivity index (χ0v) is 20.3. The normalized spacial score (nSPS) is 15.3. The molecule has 1 atom stereocenters. The molecule has 4 aromatic carbocycles. The maximum Gasteiger partial charge on any atom is 0.294 e. The smallest absolute Gasteiger partial charge is 0.294 e. The highest BCUT2D eigenvalue weighted by molar-refractivity contribution is 6.20. The molecule has 1 aliphatic rings. The average molecular weight is 502 g/mol. The third-order valence-corrected chi connectivity index (χ3v) is 6.56. The van der Waals surface area contributed by atoms with E-state index in [1.54, 1.807) is 42.5 Å². The molecule has 1 aliphatic heterocycles. The first-order chi connectivity index (χ1) is 18.6. The lowest BCUT2D eigenvalue weighted by atomic mass is 9.94. The molecule has 6 nitrogen and oxygen atoms in total. The number of benzene rings is 4. The number of ketones is 1. The van der Waals surface area contributed by atoms with Crippen molar-refractivity contribution in [2.75, 3.05) is 4.90 Å². The minimum atomic E-state index is -0.883. The van der Waals surface area contributed by atoms with Crippen LogP contribution in [-0.2, 0) is 11.4 Å². The van der Waals surface area contributed by atoms with Crippen molar-refractivity contribution in [2.24, 2.45) is 0 Å². The molecule has 0 saturated heterocycles. The molecular formula is C32H23NO5. The standard InChI is InChI=1S/C32H23NO5/c34-30(27-19-22-12-7-8-17-26(22)38-27)28-29(33(32(36)31(28)35)24-14-5-2-6-15-24)23-13-9-16-25(18-23)37-20-21-10-3-1-4-11-21/h1-19,29,35H,20H2. The summed E-state index contributed by atoms with van der Waals surface area (Å²) in [6.45, 7) is 0.363. The molecule has 5 aromatic rings. The van der Waals surface area contributed by atoms with E-state index >= 15 is 0 Å². The Bertz CT molecular complexity index is 1640. The number of carbonyl (C=O) groups excluding carboxylic acids is 2. The number of ether oxygens (including phenoxy) is 1. The number of anilines is 1. The molecule has 6 heteroatoms. The fourth-order valence-electron chi connectivity index (χ4n) is 4.75. The summed E-state index contributed by atoms with van der Waals surface area (Å²) >= 11 is 0. The van der Waals surface area contributed by atoms with E-state index in [1.165, 1.54) is 4.90 Å². The topological polar surface area (TPSA) is 80.0 Å². The Morgan fingerprint density at radius 2 is 1.55 bits per heavy atom. The predicted octanol–water partition coefficient (Wildman–Crippen LogP) is 6.79. The highest BCUT2D eigenvalue weighted by atomic mass is 16.5. The number of aliphatic hydroxyl groups is 1. The molecule has 0 saturated carbocycles. The first-order valence-electron chi connectivity index (χ1n) is 12.2. The molecule has 186 valence electrons. The minimum absolute atomic E-state index is 0.0434. The van der Waals surface area contributed by atoms with Crippen molar-refractivity contribution in [3.63, 3.8) is 0 Å². The summed E-state index contributed by atoms with van der Waals surface area (Å²) in [5.74, 6) is -1.17. The van der Waals surface area contributed by atoms with Gasteiger partial charge in [0.15, 0.2) is 11.5 Å². The zero-order valence-electron chi connectivity index (χ0n) is 20.3. The monoisotopic (exact) mass is 501 g/mol. The van der Waals surface area contributed by atoms with Crippen LogP contribution in [0, 0.1) is 0 Å². The lowest BCUT2D eigenvalue weighted by Crippen LogP contribution is -2.31. The SMILES string of the molecule is O=C(C1=C(O)C(=O)N(c2ccccc2)C1c1cccc(OCc2ccccc2)c1)c1cc2ccccc2o1. The number of para-hydroxylation sites is 2. The van der Waals surface area contributed by atoms with Crippen LogP contribution in [0.25, 0.3) is 11.0 Å². The van der Waals surface area contributed by atoms with E-state index in [4.69, 9.17) is 9.15 Å². The lowest BCUT2D eigenvalue weighted by molar-refractivity contribution is -0.117. The van der Waals surface area contributed by atoms with Gasteiger partial charge in [-0.05, 0) is 47.5 Å². The first kappa shape index (κ1) is 23.3. The number of hydrogen-bond donors (Lipinski definition) is 1. The Kier molecular flexibility index (Phi) is 5.98. The molecule has 0 spiro atoms. The van der Waals surface area contributed by atoms with Crippen LogP contribution < -0.4 is 9.64 Å². The van der Waals surface area contributed by atoms with Crippen molar-refractivity contribution in [2.45, 2.75) is 12.6 Å². The number of rotatable bonds is 7. The third kappa shape index (κ3) is 4.22. The number of Topliss-reactive ketones (excluding diaryl/α,β-unsaturated/α-hetero) is 1. The number of hydrogen-bond acceptors (Lipinski definition) is 5. The third-order valence-electron chi connectivity index (χ3n) is 6.56. The number of nitrogens with zero attached hydrogens (tertiary/aromatic N) is 1. The second-order valence-corrected chi connectivity index (χ2v) is 9.00. The van der Waals surface area contributed by atoms with E-state index in [2.05, 4.69) is 0 Å². The number of carbonyl (C=O) groups is 2. The Morgan fingerprint density at radius 3 is 2.32 bits per heavy atom. The van der Waals surface area contributed by atoms with Gasteiger partial charge < -0.3 is 14.3 Å². The van der Waals surface area contributed by atoms with Crippen molar-refractivity contribution < 1.29 is 23.8 Å². The van der Waals surface area contributed by atoms with Crippen molar-refractivity contribution in [3.05, 3.63) is 143 Å². The van der Waals surface area contributed by atoms with Crippen molar-refractivity contribution in [1.82, 2.24) is 0 Å². The summed E-state index contributed by atoms with van der Waals surface area (Å²) in [5, 5.41) is 11.8. The van der Waals surface area contributed by atoms with Gasteiger partial charge in [-0.1, -0.05) is 78.9 Å². The number of fused-ring (bicyclic) bond motifs is 1. The fraction of sp³-hybridized carbons (Fsp3) is 0.0625. The second kappa shape index (κ2) is 9.75. The van der Waals surface area contributed by atoms with Crippen LogP contribution in [-0.4, -0.2) is 16.8 Å². The lowest BCUT2D eigenvalue weighted by Gasteiger charge is -2.27. The van der Waals surface area contributed by atoms with Crippen LogP contribution in [0.15, 0.2) is 131 Å². The van der Waals surface area contributed by atoms with Gasteiger partial charge in [-0.15, -0.1) is 0 Å². The van der Waals surface area contributed by atoms with E-state index < -0.39 is 23.5 Å². The van der Waals surface area contributed by atoms with Gasteiger partial charge in [-0.2, -0.15) is 0 Å². The predicted molar refractivity (Wildman–Crippen MR) is 144 cm³/mol. The zero-order chi connectivity index (χ0) is 26.1. The summed E-state index contributed by atoms with van der Waals surface area (Å²) < 4.78 is 11.8. The number of amides is 1. The number of furan rings is 1. The molecule has 2 heterocycles. The van der Waals surface area contributed by atoms with Crippen LogP contribution >= 0.6 is 0 Å². The summed E-state index contributed by atoms with van der Waals surface area (Å²) in [5.41, 5.74) is 2.69. The maximum atomic E-state index is 13.8. The quantitative estimate of drug-likeness (QED) is 0.248. The van der Waals surface area contributed by atoms with Crippen LogP contribution in [0.1, 0.15) is 27.7 Å². The Morgan fingerprint density at radius 1 is 0.842 bits per heavy atom. The number of aliphatic hydroxyl groups excluding tert-OH is 1. The van der Waals surface area contributed by atoms with Crippen molar-refractivity contribution in [3.8, 4) is 5.75 Å². The minimum Gasteiger partial charge on any atom is -0.503 e. The Labute approximate surface area is 219 Å². The van der Waals surface area contributed by atoms with Crippen molar-refractivity contribution >= 4 is 28.3 Å². The van der Waals surface area contributed by atoms with E-state index in [0.717, 1.165) is 10.9 Å². The van der Waals surface area contributed by atoms with Gasteiger partial charge in [-0.3, -0.25) is 14.5 Å². The van der Waals surface area contributed by atoms with E-state index in [-0.39, 0.29) is 11.3 Å². The molecule has 6 rings (SSSR count). The largest absolute Gasteiger partial charge is 0.503 e. The van der Waals surface area contributed by atoms with Gasteiger partial charge in [0.05, 0.1) is 11.6 Å². The molecule has 38 heavy (non-hydrogen) atoms. The Hall–Kier alpha value is -5.10. The summed E-state index contributed by atoms with van der Waals surface area (Å²) in [4.78, 5) is 28.6. The van der Waals surface area contributed by atoms with Gasteiger partial charge in [0.1, 0.15) is 17.9 Å². The van der Waals surface area contributed by atoms with Gasteiger partial charge in [-0.25, -0.2) is 0 Å². The molecule has 0 fully saturated rings. The Balaban J connectivity index is 1.41. The molecule has 1 N–H and O–H groups in total. The summed E-state index contributed by atoms with van der Waals surface area (Å²) in [6, 6.07) is 34.0. The molecule has 1 unspecified atom stereocenters. The van der Waals surface area contributed by atoms with Gasteiger partial charge in [0.2, 0.25) is 5.78 Å². The highest BCUT2D eigenvalue weighted by Crippen LogP contribution is 2.43. The summed E-state index contributed by atoms with van der Waals surface area (Å²) in [6.07, 6.45) is 0. The average Bonchev–Trinajstić information content (AvgIpc) is 3.52. The van der Waals surface area contributed by atoms with Gasteiger partial charge >= 0.3 is 0 Å². The van der Waals surface area contributed by atoms with Gasteiger partial charge in [0.25, 0.3) is 5.91 Å². The molecule has 0 bridgehead atoms. The van der Waals surface area contributed by atoms with Gasteiger partial charge in [0, 0.05) is 11.1 Å². The first-order valence-corrected chi connectivity index (χ1v) is 12.2. The highest BCUT2D eigenvalue weighted by Gasteiger charge is 2.45. The molecule has 0 aliphatic carbocycles. The summed E-state index contributed by atoms with van der Waals surface area (Å²) in [7, 11) is 0. The van der Waals surface area contributed by atoms with E-state index in [0.29, 0.717) is 29.2 Å². The van der Waals surface area contributed by atoms with E-state index in [1.807, 2.05) is 72.8 Å². The van der Waals surface area contributed by atoms with Crippen LogP contribution in [0.2, 0.25) is 0 Å².